The van der Waals surface area contributed by atoms with Crippen molar-refractivity contribution < 1.29 is 14.2 Å². The van der Waals surface area contributed by atoms with Crippen molar-refractivity contribution in [1.29, 1.82) is 0 Å². The second-order valence-corrected chi connectivity index (χ2v) is 7.71. The van der Waals surface area contributed by atoms with Crippen LogP contribution in [0.15, 0.2) is 71.8 Å². The Morgan fingerprint density at radius 2 is 1.73 bits per heavy atom. The molecule has 2 atom stereocenters. The van der Waals surface area contributed by atoms with Crippen molar-refractivity contribution in [1.82, 2.24) is 5.01 Å². The molecule has 30 heavy (non-hydrogen) atoms. The maximum absolute atomic E-state index is 6.41. The molecule has 0 unspecified atom stereocenters. The van der Waals surface area contributed by atoms with Gasteiger partial charge in [-0.05, 0) is 42.0 Å². The van der Waals surface area contributed by atoms with Crippen LogP contribution in [0.1, 0.15) is 35.4 Å². The summed E-state index contributed by atoms with van der Waals surface area (Å²) in [6.45, 7) is 0. The first-order valence-corrected chi connectivity index (χ1v) is 10.1. The van der Waals surface area contributed by atoms with Gasteiger partial charge in [-0.1, -0.05) is 41.9 Å². The quantitative estimate of drug-likeness (QED) is 0.551. The predicted molar refractivity (Wildman–Crippen MR) is 117 cm³/mol. The van der Waals surface area contributed by atoms with Gasteiger partial charge in [-0.25, -0.2) is 5.01 Å². The summed E-state index contributed by atoms with van der Waals surface area (Å²) < 4.78 is 17.3. The maximum atomic E-state index is 6.41. The molecular weight excluding hydrogens is 400 g/mol. The van der Waals surface area contributed by atoms with Crippen molar-refractivity contribution in [2.45, 2.75) is 18.7 Å². The molecule has 0 radical (unpaired) electrons. The number of hydrogen-bond acceptors (Lipinski definition) is 5. The molecule has 0 aromatic heterocycles. The third-order valence-electron chi connectivity index (χ3n) is 5.57. The molecule has 5 nitrogen and oxygen atoms in total. The molecule has 0 N–H and O–H groups in total. The molecule has 152 valence electrons. The van der Waals surface area contributed by atoms with Crippen molar-refractivity contribution in [3.05, 3.63) is 88.4 Å². The van der Waals surface area contributed by atoms with Crippen LogP contribution in [-0.4, -0.2) is 24.9 Å². The Morgan fingerprint density at radius 1 is 0.967 bits per heavy atom. The molecule has 3 aromatic rings. The number of hydrazone groups is 1. The van der Waals surface area contributed by atoms with Gasteiger partial charge in [0.25, 0.3) is 0 Å². The molecule has 2 heterocycles. The van der Waals surface area contributed by atoms with E-state index in [0.717, 1.165) is 34.6 Å². The summed E-state index contributed by atoms with van der Waals surface area (Å²) in [5, 5.41) is 7.74. The van der Waals surface area contributed by atoms with E-state index >= 15 is 0 Å². The summed E-state index contributed by atoms with van der Waals surface area (Å²) in [4.78, 5) is 0. The molecule has 0 bridgehead atoms. The number of methoxy groups -OCH3 is 2. The van der Waals surface area contributed by atoms with Crippen LogP contribution in [0.3, 0.4) is 0 Å². The Balaban J connectivity index is 1.58. The highest BCUT2D eigenvalue weighted by Crippen LogP contribution is 2.48. The summed E-state index contributed by atoms with van der Waals surface area (Å²) in [5.41, 5.74) is 4.18. The fraction of sp³-hybridized carbons (Fsp3) is 0.208. The first-order valence-electron chi connectivity index (χ1n) is 9.77. The van der Waals surface area contributed by atoms with Gasteiger partial charge in [-0.2, -0.15) is 5.10 Å². The van der Waals surface area contributed by atoms with Crippen LogP contribution in [0.4, 0.5) is 0 Å². The summed E-state index contributed by atoms with van der Waals surface area (Å²) >= 11 is 6.07. The SMILES string of the molecule is COc1ccc([C@H]2Oc3ccccc3[C@@H]3CC(c4ccc(Cl)cc4)=NN23)cc1OC. The molecule has 2 aliphatic rings. The number of nitrogens with zero attached hydrogens (tertiary/aromatic N) is 2. The Kier molecular flexibility index (Phi) is 4.75. The third kappa shape index (κ3) is 3.15. The van der Waals surface area contributed by atoms with E-state index in [1.54, 1.807) is 14.2 Å². The minimum Gasteiger partial charge on any atom is -0.493 e. The van der Waals surface area contributed by atoms with Crippen LogP contribution in [0.2, 0.25) is 5.02 Å². The van der Waals surface area contributed by atoms with E-state index in [2.05, 4.69) is 6.07 Å². The van der Waals surface area contributed by atoms with Gasteiger partial charge in [-0.15, -0.1) is 0 Å². The monoisotopic (exact) mass is 420 g/mol. The zero-order chi connectivity index (χ0) is 20.7. The van der Waals surface area contributed by atoms with Gasteiger partial charge in [0, 0.05) is 22.6 Å². The van der Waals surface area contributed by atoms with E-state index < -0.39 is 0 Å². The Morgan fingerprint density at radius 3 is 2.50 bits per heavy atom. The standard InChI is InChI=1S/C24H21ClN2O3/c1-28-22-12-9-16(13-23(22)29-2)24-27-20(18-5-3-4-6-21(18)30-24)14-19(26-27)15-7-10-17(25)11-8-15/h3-13,20,24H,14H2,1-2H3/t20-,24+/m0/s1. The van der Waals surface area contributed by atoms with Crippen LogP contribution in [-0.2, 0) is 0 Å². The molecular formula is C24H21ClN2O3. The van der Waals surface area contributed by atoms with Gasteiger partial charge in [0.2, 0.25) is 6.23 Å². The molecule has 0 saturated carbocycles. The summed E-state index contributed by atoms with van der Waals surface area (Å²) in [7, 11) is 3.26. The lowest BCUT2D eigenvalue weighted by Gasteiger charge is -2.38. The molecule has 0 spiro atoms. The highest BCUT2D eigenvalue weighted by atomic mass is 35.5. The molecule has 5 rings (SSSR count). The Labute approximate surface area is 180 Å². The van der Waals surface area contributed by atoms with Crippen molar-refractivity contribution in [3.8, 4) is 17.2 Å². The van der Waals surface area contributed by atoms with E-state index in [-0.39, 0.29) is 12.3 Å². The van der Waals surface area contributed by atoms with Crippen molar-refractivity contribution in [3.63, 3.8) is 0 Å². The van der Waals surface area contributed by atoms with Crippen molar-refractivity contribution in [2.75, 3.05) is 14.2 Å². The highest BCUT2D eigenvalue weighted by molar-refractivity contribution is 6.30. The molecule has 6 heteroatoms. The Hall–Kier alpha value is -3.18. The fourth-order valence-electron chi connectivity index (χ4n) is 4.08. The molecule has 3 aromatic carbocycles. The number of hydrogen-bond donors (Lipinski definition) is 0. The molecule has 2 aliphatic heterocycles. The molecule has 0 fully saturated rings. The second kappa shape index (κ2) is 7.58. The zero-order valence-electron chi connectivity index (χ0n) is 16.7. The summed E-state index contributed by atoms with van der Waals surface area (Å²) in [6, 6.07) is 21.9. The minimum absolute atomic E-state index is 0.0960. The first kappa shape index (κ1) is 18.8. The lowest BCUT2D eigenvalue weighted by atomic mass is 9.96. The van der Waals surface area contributed by atoms with Crippen LogP contribution in [0.5, 0.6) is 17.2 Å². The zero-order valence-corrected chi connectivity index (χ0v) is 17.5. The second-order valence-electron chi connectivity index (χ2n) is 7.28. The van der Waals surface area contributed by atoms with Crippen molar-refractivity contribution in [2.24, 2.45) is 5.10 Å². The highest BCUT2D eigenvalue weighted by Gasteiger charge is 2.41. The van der Waals surface area contributed by atoms with Crippen LogP contribution in [0.25, 0.3) is 0 Å². The number of para-hydroxylation sites is 1. The van der Waals surface area contributed by atoms with Gasteiger partial charge in [0.05, 0.1) is 26.0 Å². The minimum atomic E-state index is -0.366. The van der Waals surface area contributed by atoms with Crippen molar-refractivity contribution >= 4 is 17.3 Å². The van der Waals surface area contributed by atoms with Gasteiger partial charge in [-0.3, -0.25) is 0 Å². The topological polar surface area (TPSA) is 43.3 Å². The fourth-order valence-corrected chi connectivity index (χ4v) is 4.20. The van der Waals surface area contributed by atoms with E-state index in [1.165, 1.54) is 0 Å². The average Bonchev–Trinajstić information content (AvgIpc) is 3.24. The third-order valence-corrected chi connectivity index (χ3v) is 5.82. The lowest BCUT2D eigenvalue weighted by Crippen LogP contribution is -2.33. The number of benzene rings is 3. The van der Waals surface area contributed by atoms with Crippen LogP contribution < -0.4 is 14.2 Å². The normalized spacial score (nSPS) is 19.4. The number of halogens is 1. The number of rotatable bonds is 4. The first-order chi connectivity index (χ1) is 14.7. The van der Waals surface area contributed by atoms with Crippen LogP contribution >= 0.6 is 11.6 Å². The number of ether oxygens (including phenoxy) is 3. The molecule has 0 saturated heterocycles. The van der Waals surface area contributed by atoms with E-state index in [9.17, 15) is 0 Å². The van der Waals surface area contributed by atoms with Gasteiger partial charge < -0.3 is 14.2 Å². The maximum Gasteiger partial charge on any atom is 0.214 e. The summed E-state index contributed by atoms with van der Waals surface area (Å²) in [5.74, 6) is 2.22. The predicted octanol–water partition coefficient (Wildman–Crippen LogP) is 5.60. The smallest absolute Gasteiger partial charge is 0.214 e. The van der Waals surface area contributed by atoms with Gasteiger partial charge >= 0.3 is 0 Å². The van der Waals surface area contributed by atoms with Gasteiger partial charge in [0.1, 0.15) is 5.75 Å². The Bertz CT molecular complexity index is 1110. The number of fused-ring (bicyclic) bond motifs is 3. The van der Waals surface area contributed by atoms with E-state index in [0.29, 0.717) is 16.5 Å². The van der Waals surface area contributed by atoms with E-state index in [4.69, 9.17) is 30.9 Å². The average molecular weight is 421 g/mol. The molecule has 0 aliphatic carbocycles. The largest absolute Gasteiger partial charge is 0.493 e. The van der Waals surface area contributed by atoms with E-state index in [1.807, 2.05) is 65.7 Å². The summed E-state index contributed by atoms with van der Waals surface area (Å²) in [6.07, 6.45) is 0.431. The lowest BCUT2D eigenvalue weighted by molar-refractivity contribution is -0.0191. The van der Waals surface area contributed by atoms with Crippen LogP contribution in [0, 0.1) is 0 Å². The van der Waals surface area contributed by atoms with Gasteiger partial charge in [0.15, 0.2) is 11.5 Å². The molecule has 0 amide bonds.